The zero-order chi connectivity index (χ0) is 15.5. The Kier molecular flexibility index (Phi) is 4.55. The maximum Gasteiger partial charge on any atom is 0.257 e. The largest absolute Gasteiger partial charge is 0.368 e. The SMILES string of the molecule is O=C(c1c(Cl)cccc1Cl)N1CCN(c2ccccc2)CC1. The molecule has 5 heteroatoms. The lowest BCUT2D eigenvalue weighted by Crippen LogP contribution is -2.48. The van der Waals surface area contributed by atoms with Gasteiger partial charge in [-0.15, -0.1) is 0 Å². The van der Waals surface area contributed by atoms with Crippen molar-refractivity contribution in [3.05, 3.63) is 64.1 Å². The Hall–Kier alpha value is -1.71. The Balaban J connectivity index is 1.70. The van der Waals surface area contributed by atoms with Crippen LogP contribution in [0.3, 0.4) is 0 Å². The van der Waals surface area contributed by atoms with Crippen LogP contribution in [0.1, 0.15) is 10.4 Å². The van der Waals surface area contributed by atoms with Gasteiger partial charge in [-0.1, -0.05) is 47.5 Å². The number of para-hydroxylation sites is 1. The third-order valence-electron chi connectivity index (χ3n) is 3.86. The maximum absolute atomic E-state index is 12.6. The predicted molar refractivity (Wildman–Crippen MR) is 91.0 cm³/mol. The molecule has 2 aromatic carbocycles. The highest BCUT2D eigenvalue weighted by Crippen LogP contribution is 2.26. The molecule has 3 rings (SSSR count). The number of amides is 1. The molecule has 0 saturated carbocycles. The third-order valence-corrected chi connectivity index (χ3v) is 4.49. The van der Waals surface area contributed by atoms with Gasteiger partial charge in [0.1, 0.15) is 0 Å². The summed E-state index contributed by atoms with van der Waals surface area (Å²) < 4.78 is 0. The van der Waals surface area contributed by atoms with Crippen LogP contribution in [0, 0.1) is 0 Å². The van der Waals surface area contributed by atoms with Gasteiger partial charge >= 0.3 is 0 Å². The molecule has 1 saturated heterocycles. The highest BCUT2D eigenvalue weighted by molar-refractivity contribution is 6.39. The molecule has 1 aliphatic rings. The molecule has 0 N–H and O–H groups in total. The normalized spacial score (nSPS) is 15.0. The molecule has 0 aliphatic carbocycles. The van der Waals surface area contributed by atoms with Crippen LogP contribution < -0.4 is 4.90 Å². The van der Waals surface area contributed by atoms with Gasteiger partial charge in [-0.3, -0.25) is 4.79 Å². The van der Waals surface area contributed by atoms with Crippen LogP contribution in [0.2, 0.25) is 10.0 Å². The van der Waals surface area contributed by atoms with Gasteiger partial charge in [-0.25, -0.2) is 0 Å². The van der Waals surface area contributed by atoms with E-state index in [1.807, 2.05) is 23.1 Å². The van der Waals surface area contributed by atoms with Crippen LogP contribution >= 0.6 is 23.2 Å². The molecule has 114 valence electrons. The first-order valence-electron chi connectivity index (χ1n) is 7.20. The summed E-state index contributed by atoms with van der Waals surface area (Å²) in [6.07, 6.45) is 0. The first-order chi connectivity index (χ1) is 10.7. The van der Waals surface area contributed by atoms with E-state index in [0.29, 0.717) is 28.7 Å². The van der Waals surface area contributed by atoms with Crippen molar-refractivity contribution in [2.75, 3.05) is 31.1 Å². The first kappa shape index (κ1) is 15.2. The van der Waals surface area contributed by atoms with Crippen LogP contribution in [-0.4, -0.2) is 37.0 Å². The molecule has 1 fully saturated rings. The molecule has 0 unspecified atom stereocenters. The van der Waals surface area contributed by atoms with Gasteiger partial charge in [0.15, 0.2) is 0 Å². The summed E-state index contributed by atoms with van der Waals surface area (Å²) in [4.78, 5) is 16.7. The molecule has 0 aromatic heterocycles. The van der Waals surface area contributed by atoms with Gasteiger partial charge in [0, 0.05) is 31.9 Å². The van der Waals surface area contributed by atoms with Crippen molar-refractivity contribution >= 4 is 34.8 Å². The molecule has 0 atom stereocenters. The molecule has 0 radical (unpaired) electrons. The quantitative estimate of drug-likeness (QED) is 0.829. The van der Waals surface area contributed by atoms with E-state index in [2.05, 4.69) is 17.0 Å². The van der Waals surface area contributed by atoms with E-state index < -0.39 is 0 Å². The van der Waals surface area contributed by atoms with Crippen LogP contribution in [-0.2, 0) is 0 Å². The van der Waals surface area contributed by atoms with Gasteiger partial charge in [-0.05, 0) is 24.3 Å². The lowest BCUT2D eigenvalue weighted by Gasteiger charge is -2.36. The fourth-order valence-electron chi connectivity index (χ4n) is 2.67. The van der Waals surface area contributed by atoms with Crippen LogP contribution in [0.5, 0.6) is 0 Å². The van der Waals surface area contributed by atoms with Crippen LogP contribution in [0.25, 0.3) is 0 Å². The molecule has 2 aromatic rings. The average Bonchev–Trinajstić information content (AvgIpc) is 2.55. The number of nitrogens with zero attached hydrogens (tertiary/aromatic N) is 2. The molecule has 3 nitrogen and oxygen atoms in total. The molecule has 1 heterocycles. The number of hydrogen-bond acceptors (Lipinski definition) is 2. The van der Waals surface area contributed by atoms with E-state index in [4.69, 9.17) is 23.2 Å². The average molecular weight is 335 g/mol. The predicted octanol–water partition coefficient (Wildman–Crippen LogP) is 3.96. The minimum atomic E-state index is -0.0942. The molecule has 1 aliphatic heterocycles. The van der Waals surface area contributed by atoms with Crippen molar-refractivity contribution < 1.29 is 4.79 Å². The number of benzene rings is 2. The summed E-state index contributed by atoms with van der Waals surface area (Å²) >= 11 is 12.3. The molecule has 22 heavy (non-hydrogen) atoms. The zero-order valence-electron chi connectivity index (χ0n) is 12.0. The first-order valence-corrected chi connectivity index (χ1v) is 7.95. The summed E-state index contributed by atoms with van der Waals surface area (Å²) in [5.74, 6) is -0.0942. The Morgan fingerprint density at radius 3 is 2.00 bits per heavy atom. The van der Waals surface area contributed by atoms with E-state index >= 15 is 0 Å². The smallest absolute Gasteiger partial charge is 0.257 e. The van der Waals surface area contributed by atoms with Crippen molar-refractivity contribution in [1.82, 2.24) is 4.90 Å². The highest BCUT2D eigenvalue weighted by atomic mass is 35.5. The molecular formula is C17H16Cl2N2O. The highest BCUT2D eigenvalue weighted by Gasteiger charge is 2.25. The fourth-order valence-corrected chi connectivity index (χ4v) is 3.23. The molecule has 1 amide bonds. The summed E-state index contributed by atoms with van der Waals surface area (Å²) in [6, 6.07) is 15.4. The lowest BCUT2D eigenvalue weighted by atomic mass is 10.1. The fraction of sp³-hybridized carbons (Fsp3) is 0.235. The minimum absolute atomic E-state index is 0.0942. The summed E-state index contributed by atoms with van der Waals surface area (Å²) in [6.45, 7) is 2.93. The lowest BCUT2D eigenvalue weighted by molar-refractivity contribution is 0.0747. The van der Waals surface area contributed by atoms with E-state index in [-0.39, 0.29) is 5.91 Å². The second-order valence-electron chi connectivity index (χ2n) is 5.21. The van der Waals surface area contributed by atoms with Gasteiger partial charge in [0.05, 0.1) is 15.6 Å². The van der Waals surface area contributed by atoms with Crippen molar-refractivity contribution in [2.45, 2.75) is 0 Å². The summed E-state index contributed by atoms with van der Waals surface area (Å²) in [5.41, 5.74) is 1.59. The number of carbonyl (C=O) groups excluding carboxylic acids is 1. The third kappa shape index (κ3) is 3.06. The minimum Gasteiger partial charge on any atom is -0.368 e. The number of carbonyl (C=O) groups is 1. The molecule has 0 spiro atoms. The van der Waals surface area contributed by atoms with Gasteiger partial charge in [0.25, 0.3) is 5.91 Å². The Bertz CT molecular complexity index is 647. The monoisotopic (exact) mass is 334 g/mol. The van der Waals surface area contributed by atoms with Crippen LogP contribution in [0.15, 0.2) is 48.5 Å². The van der Waals surface area contributed by atoms with Crippen molar-refractivity contribution in [1.29, 1.82) is 0 Å². The van der Waals surface area contributed by atoms with Gasteiger partial charge in [-0.2, -0.15) is 0 Å². The standard InChI is InChI=1S/C17H16Cl2N2O/c18-14-7-4-8-15(19)16(14)17(22)21-11-9-20(10-12-21)13-5-2-1-3-6-13/h1-8H,9-12H2. The summed E-state index contributed by atoms with van der Waals surface area (Å²) in [5, 5.41) is 0.811. The summed E-state index contributed by atoms with van der Waals surface area (Å²) in [7, 11) is 0. The number of anilines is 1. The molecular weight excluding hydrogens is 319 g/mol. The topological polar surface area (TPSA) is 23.6 Å². The van der Waals surface area contributed by atoms with Crippen molar-refractivity contribution in [2.24, 2.45) is 0 Å². The Morgan fingerprint density at radius 1 is 0.818 bits per heavy atom. The van der Waals surface area contributed by atoms with E-state index in [9.17, 15) is 4.79 Å². The number of hydrogen-bond donors (Lipinski definition) is 0. The number of halogens is 2. The Morgan fingerprint density at radius 2 is 1.41 bits per heavy atom. The molecule has 0 bridgehead atoms. The van der Waals surface area contributed by atoms with Crippen LogP contribution in [0.4, 0.5) is 5.69 Å². The Labute approximate surface area is 140 Å². The second kappa shape index (κ2) is 6.59. The zero-order valence-corrected chi connectivity index (χ0v) is 13.5. The number of rotatable bonds is 2. The van der Waals surface area contributed by atoms with Gasteiger partial charge in [0.2, 0.25) is 0 Å². The van der Waals surface area contributed by atoms with Gasteiger partial charge < -0.3 is 9.80 Å². The van der Waals surface area contributed by atoms with Crippen molar-refractivity contribution in [3.63, 3.8) is 0 Å². The van der Waals surface area contributed by atoms with E-state index in [1.165, 1.54) is 5.69 Å². The second-order valence-corrected chi connectivity index (χ2v) is 6.03. The van der Waals surface area contributed by atoms with Crippen molar-refractivity contribution in [3.8, 4) is 0 Å². The van der Waals surface area contributed by atoms with E-state index in [1.54, 1.807) is 18.2 Å². The number of piperazine rings is 1. The van der Waals surface area contributed by atoms with E-state index in [0.717, 1.165) is 13.1 Å². The maximum atomic E-state index is 12.6.